The predicted octanol–water partition coefficient (Wildman–Crippen LogP) is 3.77. The van der Waals surface area contributed by atoms with E-state index in [0.29, 0.717) is 6.61 Å². The van der Waals surface area contributed by atoms with Gasteiger partial charge in [-0.1, -0.05) is 22.0 Å². The van der Waals surface area contributed by atoms with E-state index in [9.17, 15) is 0 Å². The van der Waals surface area contributed by atoms with Gasteiger partial charge in [-0.25, -0.2) is 4.98 Å². The van der Waals surface area contributed by atoms with Gasteiger partial charge in [-0.3, -0.25) is 0 Å². The molecule has 0 fully saturated rings. The van der Waals surface area contributed by atoms with Crippen LogP contribution in [0.25, 0.3) is 0 Å². The number of rotatable bonds is 4. The number of aryl methyl sites for hydroxylation is 1. The first-order valence-electron chi connectivity index (χ1n) is 5.70. The summed E-state index contributed by atoms with van der Waals surface area (Å²) < 4.78 is 6.84. The molecule has 0 aliphatic heterocycles. The second-order valence-corrected chi connectivity index (χ2v) is 4.91. The average Bonchev–Trinajstić information content (AvgIpc) is 2.40. The molecule has 94 valence electrons. The lowest BCUT2D eigenvalue weighted by molar-refractivity contribution is 0.304. The van der Waals surface area contributed by atoms with Gasteiger partial charge in [-0.05, 0) is 42.3 Å². The maximum Gasteiger partial charge on any atom is 0.126 e. The molecule has 2 rings (SSSR count). The van der Waals surface area contributed by atoms with Crippen LogP contribution in [0.4, 0.5) is 5.82 Å². The molecule has 18 heavy (non-hydrogen) atoms. The number of hydrogen-bond acceptors (Lipinski definition) is 3. The fourth-order valence-electron chi connectivity index (χ4n) is 1.59. The van der Waals surface area contributed by atoms with Crippen LogP contribution in [0.1, 0.15) is 11.1 Å². The normalized spacial score (nSPS) is 10.2. The summed E-state index contributed by atoms with van der Waals surface area (Å²) in [4.78, 5) is 4.17. The van der Waals surface area contributed by atoms with Crippen molar-refractivity contribution < 1.29 is 4.74 Å². The van der Waals surface area contributed by atoms with Crippen LogP contribution in [0.2, 0.25) is 0 Å². The number of ether oxygens (including phenoxy) is 1. The highest BCUT2D eigenvalue weighted by molar-refractivity contribution is 9.10. The third-order valence-electron chi connectivity index (χ3n) is 2.63. The molecule has 0 aliphatic carbocycles. The molecule has 4 heteroatoms. The molecule has 0 aliphatic rings. The summed E-state index contributed by atoms with van der Waals surface area (Å²) in [5.41, 5.74) is 2.22. The molecule has 0 bridgehead atoms. The molecule has 0 atom stereocenters. The van der Waals surface area contributed by atoms with E-state index < -0.39 is 0 Å². The van der Waals surface area contributed by atoms with Crippen LogP contribution >= 0.6 is 15.9 Å². The van der Waals surface area contributed by atoms with Gasteiger partial charge in [0.15, 0.2) is 0 Å². The van der Waals surface area contributed by atoms with Gasteiger partial charge in [-0.2, -0.15) is 0 Å². The summed E-state index contributed by atoms with van der Waals surface area (Å²) in [6.45, 7) is 2.57. The number of hydrogen-bond donors (Lipinski definition) is 1. The van der Waals surface area contributed by atoms with E-state index in [0.717, 1.165) is 27.2 Å². The molecule has 1 aromatic heterocycles. The number of pyridine rings is 1. The zero-order valence-corrected chi connectivity index (χ0v) is 12.0. The van der Waals surface area contributed by atoms with Crippen LogP contribution in [0.3, 0.4) is 0 Å². The minimum atomic E-state index is 0.536. The lowest BCUT2D eigenvalue weighted by Gasteiger charge is -2.10. The van der Waals surface area contributed by atoms with Crippen molar-refractivity contribution in [3.05, 3.63) is 52.1 Å². The van der Waals surface area contributed by atoms with Crippen LogP contribution in [-0.4, -0.2) is 12.0 Å². The fraction of sp³-hybridized carbons (Fsp3) is 0.214. The molecule has 0 saturated carbocycles. The Morgan fingerprint density at radius 2 is 2.11 bits per heavy atom. The SMILES string of the molecule is CNc1cc(COc2cc(Br)ccc2C)ccn1. The van der Waals surface area contributed by atoms with Crippen LogP contribution in [0.15, 0.2) is 41.0 Å². The van der Waals surface area contributed by atoms with E-state index in [2.05, 4.69) is 26.2 Å². The van der Waals surface area contributed by atoms with Gasteiger partial charge in [0.2, 0.25) is 0 Å². The van der Waals surface area contributed by atoms with Crippen LogP contribution in [-0.2, 0) is 6.61 Å². The first kappa shape index (κ1) is 12.9. The second-order valence-electron chi connectivity index (χ2n) is 4.00. The molecule has 0 saturated heterocycles. The minimum Gasteiger partial charge on any atom is -0.489 e. The van der Waals surface area contributed by atoms with Crippen molar-refractivity contribution in [2.45, 2.75) is 13.5 Å². The lowest BCUT2D eigenvalue weighted by Crippen LogP contribution is -1.99. The second kappa shape index (κ2) is 5.87. The molecule has 2 aromatic rings. The van der Waals surface area contributed by atoms with Gasteiger partial charge >= 0.3 is 0 Å². The van der Waals surface area contributed by atoms with Gasteiger partial charge in [-0.15, -0.1) is 0 Å². The Bertz CT molecular complexity index is 543. The largest absolute Gasteiger partial charge is 0.489 e. The van der Waals surface area contributed by atoms with E-state index in [1.54, 1.807) is 6.20 Å². The summed E-state index contributed by atoms with van der Waals surface area (Å²) >= 11 is 3.45. The van der Waals surface area contributed by atoms with Gasteiger partial charge < -0.3 is 10.1 Å². The van der Waals surface area contributed by atoms with E-state index in [1.165, 1.54) is 0 Å². The van der Waals surface area contributed by atoms with Crippen LogP contribution in [0, 0.1) is 6.92 Å². The summed E-state index contributed by atoms with van der Waals surface area (Å²) in [6, 6.07) is 9.95. The fourth-order valence-corrected chi connectivity index (χ4v) is 1.93. The Morgan fingerprint density at radius 1 is 1.28 bits per heavy atom. The monoisotopic (exact) mass is 306 g/mol. The Morgan fingerprint density at radius 3 is 2.89 bits per heavy atom. The smallest absolute Gasteiger partial charge is 0.126 e. The Hall–Kier alpha value is -1.55. The van der Waals surface area contributed by atoms with Gasteiger partial charge in [0.1, 0.15) is 18.2 Å². The van der Waals surface area contributed by atoms with Gasteiger partial charge in [0.05, 0.1) is 0 Å². The zero-order valence-electron chi connectivity index (χ0n) is 10.4. The predicted molar refractivity (Wildman–Crippen MR) is 77.0 cm³/mol. The van der Waals surface area contributed by atoms with Crippen molar-refractivity contribution >= 4 is 21.7 Å². The molecular weight excluding hydrogens is 292 g/mol. The standard InChI is InChI=1S/C14H15BrN2O/c1-10-3-4-12(15)8-13(10)18-9-11-5-6-17-14(7-11)16-2/h3-8H,9H2,1-2H3,(H,16,17). The minimum absolute atomic E-state index is 0.536. The van der Waals surface area contributed by atoms with E-state index in [-0.39, 0.29) is 0 Å². The molecule has 0 spiro atoms. The van der Waals surface area contributed by atoms with Crippen molar-refractivity contribution in [1.29, 1.82) is 0 Å². The van der Waals surface area contributed by atoms with Crippen LogP contribution in [0.5, 0.6) is 5.75 Å². The molecule has 0 radical (unpaired) electrons. The number of halogens is 1. The van der Waals surface area contributed by atoms with E-state index >= 15 is 0 Å². The van der Waals surface area contributed by atoms with Crippen molar-refractivity contribution in [2.75, 3.05) is 12.4 Å². The average molecular weight is 307 g/mol. The summed E-state index contributed by atoms with van der Waals surface area (Å²) in [7, 11) is 1.85. The van der Waals surface area contributed by atoms with Crippen molar-refractivity contribution in [3.8, 4) is 5.75 Å². The summed E-state index contributed by atoms with van der Waals surface area (Å²) in [6.07, 6.45) is 1.78. The van der Waals surface area contributed by atoms with Crippen molar-refractivity contribution in [1.82, 2.24) is 4.98 Å². The van der Waals surface area contributed by atoms with E-state index in [1.807, 2.05) is 44.3 Å². The van der Waals surface area contributed by atoms with Crippen molar-refractivity contribution in [2.24, 2.45) is 0 Å². The van der Waals surface area contributed by atoms with E-state index in [4.69, 9.17) is 4.74 Å². The molecule has 0 amide bonds. The quantitative estimate of drug-likeness (QED) is 0.933. The number of nitrogens with one attached hydrogen (secondary N) is 1. The Kier molecular flexibility index (Phi) is 4.20. The maximum atomic E-state index is 5.82. The van der Waals surface area contributed by atoms with Crippen LogP contribution < -0.4 is 10.1 Å². The highest BCUT2D eigenvalue weighted by atomic mass is 79.9. The van der Waals surface area contributed by atoms with Gasteiger partial charge in [0, 0.05) is 17.7 Å². The summed E-state index contributed by atoms with van der Waals surface area (Å²) in [5.74, 6) is 1.74. The molecular formula is C14H15BrN2O. The highest BCUT2D eigenvalue weighted by Crippen LogP contribution is 2.23. The topological polar surface area (TPSA) is 34.1 Å². The highest BCUT2D eigenvalue weighted by Gasteiger charge is 2.02. The molecule has 0 unspecified atom stereocenters. The third-order valence-corrected chi connectivity index (χ3v) is 3.12. The molecule has 1 N–H and O–H groups in total. The molecule has 1 heterocycles. The number of aromatic nitrogens is 1. The summed E-state index contributed by atoms with van der Waals surface area (Å²) in [5, 5.41) is 3.01. The number of nitrogens with zero attached hydrogens (tertiary/aromatic N) is 1. The zero-order chi connectivity index (χ0) is 13.0. The third kappa shape index (κ3) is 3.23. The molecule has 3 nitrogen and oxygen atoms in total. The molecule has 1 aromatic carbocycles. The van der Waals surface area contributed by atoms with Gasteiger partial charge in [0.25, 0.3) is 0 Å². The number of benzene rings is 1. The number of anilines is 1. The first-order valence-corrected chi connectivity index (χ1v) is 6.50. The maximum absolute atomic E-state index is 5.82. The Labute approximate surface area is 115 Å². The van der Waals surface area contributed by atoms with Crippen molar-refractivity contribution in [3.63, 3.8) is 0 Å². The first-order chi connectivity index (χ1) is 8.69. The Balaban J connectivity index is 2.08. The lowest BCUT2D eigenvalue weighted by atomic mass is 10.2.